The molecule has 1 atom stereocenters. The van der Waals surface area contributed by atoms with Gasteiger partial charge in [-0.3, -0.25) is 4.72 Å². The number of anilines is 2. The molecule has 0 unspecified atom stereocenters. The molecule has 12 heteroatoms. The Morgan fingerprint density at radius 2 is 1.90 bits per heavy atom. The highest BCUT2D eigenvalue weighted by atomic mass is 35.5. The van der Waals surface area contributed by atoms with Crippen molar-refractivity contribution in [2.24, 2.45) is 0 Å². The fraction of sp³-hybridized carbons (Fsp3) is 0.222. The molecule has 3 N–H and O–H groups in total. The third-order valence-corrected chi connectivity index (χ3v) is 7.59. The predicted octanol–water partition coefficient (Wildman–Crippen LogP) is 5.23. The van der Waals surface area contributed by atoms with Gasteiger partial charge in [-0.05, 0) is 55.3 Å². The number of hydrogen-bond acceptors (Lipinski definition) is 8. The Balaban J connectivity index is 1.39. The summed E-state index contributed by atoms with van der Waals surface area (Å²) in [6.07, 6.45) is 5.18. The van der Waals surface area contributed by atoms with Crippen molar-refractivity contribution >= 4 is 33.3 Å². The van der Waals surface area contributed by atoms with E-state index in [2.05, 4.69) is 30.3 Å². The number of ether oxygens (including phenoxy) is 1. The first-order chi connectivity index (χ1) is 18.9. The lowest BCUT2D eigenvalue weighted by molar-refractivity contribution is 0.430. The Hall–Kier alpha value is -3.80. The lowest BCUT2D eigenvalue weighted by Crippen LogP contribution is -2.38. The van der Waals surface area contributed by atoms with Gasteiger partial charge in [0, 0.05) is 25.0 Å². The Labute approximate surface area is 230 Å². The molecule has 0 saturated carbocycles. The predicted molar refractivity (Wildman–Crippen MR) is 149 cm³/mol. The van der Waals surface area contributed by atoms with E-state index in [1.165, 1.54) is 18.3 Å². The summed E-state index contributed by atoms with van der Waals surface area (Å²) in [5.74, 6) is -1.15. The van der Waals surface area contributed by atoms with E-state index >= 15 is 4.39 Å². The molecule has 39 heavy (non-hydrogen) atoms. The number of nitrogens with one attached hydrogen (secondary N) is 3. The number of rotatable bonds is 9. The number of hydrogen-bond donors (Lipinski definition) is 3. The highest BCUT2D eigenvalue weighted by Gasteiger charge is 2.22. The summed E-state index contributed by atoms with van der Waals surface area (Å²) in [6.45, 7) is 1.81. The molecule has 1 aliphatic rings. The van der Waals surface area contributed by atoms with Crippen molar-refractivity contribution in [3.63, 3.8) is 0 Å². The van der Waals surface area contributed by atoms with Crippen LogP contribution in [0.25, 0.3) is 11.3 Å². The molecule has 5 rings (SSSR count). The molecule has 0 aliphatic carbocycles. The van der Waals surface area contributed by atoms with Gasteiger partial charge in [-0.2, -0.15) is 0 Å². The van der Waals surface area contributed by atoms with Crippen molar-refractivity contribution in [1.29, 1.82) is 0 Å². The van der Waals surface area contributed by atoms with Crippen LogP contribution >= 0.6 is 11.6 Å². The topological polar surface area (TPSA) is 118 Å². The third-order valence-electron chi connectivity index (χ3n) is 6.05. The molecule has 0 amide bonds. The van der Waals surface area contributed by atoms with Crippen LogP contribution in [0.3, 0.4) is 0 Å². The van der Waals surface area contributed by atoms with Gasteiger partial charge in [0.15, 0.2) is 11.6 Å². The molecule has 1 fully saturated rings. The SMILES string of the molecule is O=S(=O)(Cc1ccccc1)Nc1ccc(Cl)c(Oc2ncccc2-c2ccnc(N[C@H]3CCCNC3)n2)c1F. The molecule has 0 radical (unpaired) electrons. The number of benzene rings is 2. The molecule has 1 aliphatic heterocycles. The van der Waals surface area contributed by atoms with Gasteiger partial charge in [-0.25, -0.2) is 27.8 Å². The van der Waals surface area contributed by atoms with E-state index < -0.39 is 15.8 Å². The van der Waals surface area contributed by atoms with Gasteiger partial charge in [0.2, 0.25) is 21.9 Å². The average molecular weight is 569 g/mol. The van der Waals surface area contributed by atoms with E-state index in [-0.39, 0.29) is 34.1 Å². The molecule has 2 aromatic heterocycles. The lowest BCUT2D eigenvalue weighted by Gasteiger charge is -2.23. The number of pyridine rings is 1. The van der Waals surface area contributed by atoms with Crippen LogP contribution < -0.4 is 20.1 Å². The van der Waals surface area contributed by atoms with E-state index in [4.69, 9.17) is 16.3 Å². The van der Waals surface area contributed by atoms with Gasteiger partial charge in [-0.1, -0.05) is 41.9 Å². The van der Waals surface area contributed by atoms with Crippen LogP contribution in [0.5, 0.6) is 11.6 Å². The van der Waals surface area contributed by atoms with Gasteiger partial charge in [-0.15, -0.1) is 0 Å². The Bertz CT molecular complexity index is 1550. The number of nitrogens with zero attached hydrogens (tertiary/aromatic N) is 3. The Morgan fingerprint density at radius 1 is 1.05 bits per heavy atom. The molecule has 202 valence electrons. The summed E-state index contributed by atoms with van der Waals surface area (Å²) in [7, 11) is -3.91. The monoisotopic (exact) mass is 568 g/mol. The number of sulfonamides is 1. The molecular weight excluding hydrogens is 543 g/mol. The van der Waals surface area contributed by atoms with Gasteiger partial charge < -0.3 is 15.4 Å². The van der Waals surface area contributed by atoms with E-state index in [0.29, 0.717) is 22.8 Å². The fourth-order valence-corrected chi connectivity index (χ4v) is 5.58. The van der Waals surface area contributed by atoms with E-state index in [9.17, 15) is 8.42 Å². The normalized spacial score (nSPS) is 15.5. The first-order valence-corrected chi connectivity index (χ1v) is 14.4. The standard InChI is InChI=1S/C27H26ClFN6O3S/c28-21-10-11-23(35-39(36,37)17-18-6-2-1-3-7-18)24(29)25(21)38-26-20(9-5-14-31-26)22-12-15-32-27(34-22)33-19-8-4-13-30-16-19/h1-3,5-7,9-12,14-15,19,30,35H,4,8,13,16-17H2,(H,32,33,34)/t19-/m0/s1. The summed E-state index contributed by atoms with van der Waals surface area (Å²) in [6, 6.07) is 16.5. The summed E-state index contributed by atoms with van der Waals surface area (Å²) in [5, 5.41) is 6.62. The van der Waals surface area contributed by atoms with Crippen molar-refractivity contribution in [2.75, 3.05) is 23.1 Å². The third kappa shape index (κ3) is 6.80. The van der Waals surface area contributed by atoms with Crippen molar-refractivity contribution in [2.45, 2.75) is 24.6 Å². The van der Waals surface area contributed by atoms with Crippen LogP contribution in [0.15, 0.2) is 73.1 Å². The van der Waals surface area contributed by atoms with E-state index in [1.54, 1.807) is 54.7 Å². The minimum atomic E-state index is -3.91. The highest BCUT2D eigenvalue weighted by Crippen LogP contribution is 2.38. The van der Waals surface area contributed by atoms with E-state index in [0.717, 1.165) is 25.9 Å². The molecule has 0 bridgehead atoms. The second-order valence-corrected chi connectivity index (χ2v) is 11.1. The van der Waals surface area contributed by atoms with Gasteiger partial charge in [0.05, 0.1) is 27.7 Å². The van der Waals surface area contributed by atoms with Gasteiger partial charge >= 0.3 is 0 Å². The molecule has 0 spiro atoms. The lowest BCUT2D eigenvalue weighted by atomic mass is 10.1. The molecule has 9 nitrogen and oxygen atoms in total. The number of piperidine rings is 1. The Kier molecular flexibility index (Phi) is 8.20. The minimum absolute atomic E-state index is 0.0478. The molecule has 2 aromatic carbocycles. The molecule has 4 aromatic rings. The first-order valence-electron chi connectivity index (χ1n) is 12.3. The maximum Gasteiger partial charge on any atom is 0.237 e. The highest BCUT2D eigenvalue weighted by molar-refractivity contribution is 7.91. The maximum absolute atomic E-state index is 15.5. The molecule has 1 saturated heterocycles. The zero-order valence-electron chi connectivity index (χ0n) is 20.8. The average Bonchev–Trinajstić information content (AvgIpc) is 2.94. The van der Waals surface area contributed by atoms with Crippen LogP contribution in [-0.4, -0.2) is 42.5 Å². The maximum atomic E-state index is 15.5. The Morgan fingerprint density at radius 3 is 2.69 bits per heavy atom. The second kappa shape index (κ2) is 11.9. The molecular formula is C27H26ClFN6O3S. The van der Waals surface area contributed by atoms with Crippen LogP contribution in [0.1, 0.15) is 18.4 Å². The zero-order valence-corrected chi connectivity index (χ0v) is 22.3. The second-order valence-electron chi connectivity index (χ2n) is 9.00. The quantitative estimate of drug-likeness (QED) is 0.251. The van der Waals surface area contributed by atoms with Crippen LogP contribution in [-0.2, 0) is 15.8 Å². The first kappa shape index (κ1) is 26.8. The molecule has 3 heterocycles. The summed E-state index contributed by atoms with van der Waals surface area (Å²) in [4.78, 5) is 13.2. The van der Waals surface area contributed by atoms with Gasteiger partial charge in [0.1, 0.15) is 0 Å². The summed E-state index contributed by atoms with van der Waals surface area (Å²) < 4.78 is 49.1. The smallest absolute Gasteiger partial charge is 0.237 e. The van der Waals surface area contributed by atoms with Crippen LogP contribution in [0.4, 0.5) is 16.0 Å². The minimum Gasteiger partial charge on any atom is -0.434 e. The van der Waals surface area contributed by atoms with Crippen molar-refractivity contribution in [1.82, 2.24) is 20.3 Å². The van der Waals surface area contributed by atoms with Crippen molar-refractivity contribution < 1.29 is 17.5 Å². The van der Waals surface area contributed by atoms with Crippen molar-refractivity contribution in [3.05, 3.63) is 89.5 Å². The summed E-state index contributed by atoms with van der Waals surface area (Å²) >= 11 is 6.27. The number of halogens is 2. The van der Waals surface area contributed by atoms with Gasteiger partial charge in [0.25, 0.3) is 0 Å². The van der Waals surface area contributed by atoms with Crippen molar-refractivity contribution in [3.8, 4) is 22.9 Å². The summed E-state index contributed by atoms with van der Waals surface area (Å²) in [5.41, 5.74) is 1.26. The van der Waals surface area contributed by atoms with E-state index in [1.807, 2.05) is 0 Å². The number of aromatic nitrogens is 3. The largest absolute Gasteiger partial charge is 0.434 e. The zero-order chi connectivity index (χ0) is 27.2. The van der Waals surface area contributed by atoms with Crippen LogP contribution in [0, 0.1) is 5.82 Å². The van der Waals surface area contributed by atoms with Crippen LogP contribution in [0.2, 0.25) is 5.02 Å². The fourth-order valence-electron chi connectivity index (χ4n) is 4.20.